The summed E-state index contributed by atoms with van der Waals surface area (Å²) >= 11 is 5.49. The molecule has 0 fully saturated rings. The highest BCUT2D eigenvalue weighted by atomic mass is 35.5. The van der Waals surface area contributed by atoms with E-state index in [0.717, 1.165) is 12.0 Å². The SMILES string of the molecule is CCc1cccc(OC(=O)CCCCl)c1. The predicted octanol–water partition coefficient (Wildman–Crippen LogP) is 3.17. The fraction of sp³-hybridized carbons (Fsp3) is 0.417. The van der Waals surface area contributed by atoms with E-state index < -0.39 is 0 Å². The summed E-state index contributed by atoms with van der Waals surface area (Å²) in [5.74, 6) is 0.891. The lowest BCUT2D eigenvalue weighted by Crippen LogP contribution is -2.07. The molecule has 1 aromatic rings. The van der Waals surface area contributed by atoms with Crippen LogP contribution in [0, 0.1) is 0 Å². The Morgan fingerprint density at radius 3 is 2.93 bits per heavy atom. The number of carbonyl (C=O) groups excluding carboxylic acids is 1. The average molecular weight is 227 g/mol. The number of benzene rings is 1. The average Bonchev–Trinajstić information content (AvgIpc) is 2.26. The first-order valence-electron chi connectivity index (χ1n) is 5.12. The number of aryl methyl sites for hydroxylation is 1. The maximum atomic E-state index is 11.3. The Hall–Kier alpha value is -1.02. The van der Waals surface area contributed by atoms with Crippen molar-refractivity contribution in [2.45, 2.75) is 26.2 Å². The Kier molecular flexibility index (Phi) is 5.19. The van der Waals surface area contributed by atoms with Gasteiger partial charge in [-0.05, 0) is 30.5 Å². The highest BCUT2D eigenvalue weighted by molar-refractivity contribution is 6.17. The second kappa shape index (κ2) is 6.46. The van der Waals surface area contributed by atoms with Crippen molar-refractivity contribution in [3.63, 3.8) is 0 Å². The number of carbonyl (C=O) groups is 1. The Balaban J connectivity index is 2.52. The van der Waals surface area contributed by atoms with Crippen molar-refractivity contribution in [1.82, 2.24) is 0 Å². The van der Waals surface area contributed by atoms with Gasteiger partial charge in [0.1, 0.15) is 5.75 Å². The third-order valence-corrected chi connectivity index (χ3v) is 2.32. The van der Waals surface area contributed by atoms with Crippen molar-refractivity contribution >= 4 is 17.6 Å². The minimum absolute atomic E-state index is 0.219. The van der Waals surface area contributed by atoms with Gasteiger partial charge < -0.3 is 4.74 Å². The van der Waals surface area contributed by atoms with Crippen LogP contribution in [-0.4, -0.2) is 11.8 Å². The molecule has 0 N–H and O–H groups in total. The molecule has 0 aliphatic carbocycles. The largest absolute Gasteiger partial charge is 0.427 e. The highest BCUT2D eigenvalue weighted by Crippen LogP contribution is 2.14. The van der Waals surface area contributed by atoms with Gasteiger partial charge in [-0.25, -0.2) is 0 Å². The van der Waals surface area contributed by atoms with Crippen molar-refractivity contribution in [3.05, 3.63) is 29.8 Å². The van der Waals surface area contributed by atoms with Gasteiger partial charge >= 0.3 is 5.97 Å². The van der Waals surface area contributed by atoms with Gasteiger partial charge in [-0.3, -0.25) is 4.79 Å². The first-order valence-corrected chi connectivity index (χ1v) is 5.65. The van der Waals surface area contributed by atoms with Gasteiger partial charge in [0.25, 0.3) is 0 Å². The third-order valence-electron chi connectivity index (χ3n) is 2.05. The van der Waals surface area contributed by atoms with E-state index in [-0.39, 0.29) is 5.97 Å². The van der Waals surface area contributed by atoms with Crippen LogP contribution in [0.25, 0.3) is 0 Å². The van der Waals surface area contributed by atoms with Crippen LogP contribution in [0.15, 0.2) is 24.3 Å². The maximum absolute atomic E-state index is 11.3. The normalized spacial score (nSPS) is 10.0. The Labute approximate surface area is 95.2 Å². The van der Waals surface area contributed by atoms with Gasteiger partial charge in [-0.1, -0.05) is 19.1 Å². The molecule has 0 heterocycles. The smallest absolute Gasteiger partial charge is 0.311 e. The molecule has 0 aliphatic rings. The minimum atomic E-state index is -0.219. The zero-order chi connectivity index (χ0) is 11.1. The lowest BCUT2D eigenvalue weighted by atomic mass is 10.2. The first kappa shape index (κ1) is 12.1. The van der Waals surface area contributed by atoms with Gasteiger partial charge in [-0.2, -0.15) is 0 Å². The molecule has 0 aliphatic heterocycles. The molecule has 0 atom stereocenters. The molecular formula is C12H15ClO2. The third kappa shape index (κ3) is 4.34. The molecule has 3 heteroatoms. The summed E-state index contributed by atoms with van der Waals surface area (Å²) < 4.78 is 5.16. The quantitative estimate of drug-likeness (QED) is 0.438. The van der Waals surface area contributed by atoms with E-state index in [2.05, 4.69) is 6.92 Å². The predicted molar refractivity (Wildman–Crippen MR) is 61.4 cm³/mol. The van der Waals surface area contributed by atoms with Crippen LogP contribution < -0.4 is 4.74 Å². The van der Waals surface area contributed by atoms with Crippen LogP contribution >= 0.6 is 11.6 Å². The van der Waals surface area contributed by atoms with Crippen LogP contribution in [0.5, 0.6) is 5.75 Å². The maximum Gasteiger partial charge on any atom is 0.311 e. The molecule has 0 aromatic heterocycles. The fourth-order valence-electron chi connectivity index (χ4n) is 1.22. The second-order valence-corrected chi connectivity index (χ2v) is 3.65. The molecule has 82 valence electrons. The fourth-order valence-corrected chi connectivity index (χ4v) is 1.36. The van der Waals surface area contributed by atoms with Crippen LogP contribution in [0.2, 0.25) is 0 Å². The molecule has 0 unspecified atom stereocenters. The topological polar surface area (TPSA) is 26.3 Å². The van der Waals surface area contributed by atoms with Crippen LogP contribution in [-0.2, 0) is 11.2 Å². The van der Waals surface area contributed by atoms with Gasteiger partial charge in [-0.15, -0.1) is 11.6 Å². The molecule has 1 aromatic carbocycles. The lowest BCUT2D eigenvalue weighted by Gasteiger charge is -2.04. The highest BCUT2D eigenvalue weighted by Gasteiger charge is 2.04. The number of hydrogen-bond donors (Lipinski definition) is 0. The van der Waals surface area contributed by atoms with Gasteiger partial charge in [0, 0.05) is 12.3 Å². The summed E-state index contributed by atoms with van der Waals surface area (Å²) in [5.41, 5.74) is 1.16. The van der Waals surface area contributed by atoms with E-state index in [4.69, 9.17) is 16.3 Å². The van der Waals surface area contributed by atoms with Crippen LogP contribution in [0.1, 0.15) is 25.3 Å². The molecule has 1 rings (SSSR count). The Bertz CT molecular complexity index is 323. The molecule has 2 nitrogen and oxygen atoms in total. The molecule has 0 saturated carbocycles. The summed E-state index contributed by atoms with van der Waals surface area (Å²) in [5, 5.41) is 0. The van der Waals surface area contributed by atoms with Crippen LogP contribution in [0.4, 0.5) is 0 Å². The Morgan fingerprint density at radius 2 is 2.27 bits per heavy atom. The van der Waals surface area contributed by atoms with E-state index in [0.29, 0.717) is 24.5 Å². The van der Waals surface area contributed by atoms with E-state index in [1.54, 1.807) is 6.07 Å². The van der Waals surface area contributed by atoms with E-state index >= 15 is 0 Å². The second-order valence-electron chi connectivity index (χ2n) is 3.27. The number of esters is 1. The van der Waals surface area contributed by atoms with Crippen molar-refractivity contribution in [2.24, 2.45) is 0 Å². The van der Waals surface area contributed by atoms with E-state index in [1.807, 2.05) is 18.2 Å². The van der Waals surface area contributed by atoms with Gasteiger partial charge in [0.15, 0.2) is 0 Å². The number of rotatable bonds is 5. The summed E-state index contributed by atoms with van der Waals surface area (Å²) in [7, 11) is 0. The number of alkyl halides is 1. The zero-order valence-electron chi connectivity index (χ0n) is 8.83. The van der Waals surface area contributed by atoms with Gasteiger partial charge in [0.2, 0.25) is 0 Å². The van der Waals surface area contributed by atoms with Crippen molar-refractivity contribution in [3.8, 4) is 5.75 Å². The van der Waals surface area contributed by atoms with E-state index in [9.17, 15) is 4.79 Å². The summed E-state index contributed by atoms with van der Waals surface area (Å²) in [6.07, 6.45) is 1.97. The van der Waals surface area contributed by atoms with Crippen molar-refractivity contribution in [2.75, 3.05) is 5.88 Å². The monoisotopic (exact) mass is 226 g/mol. The molecule has 15 heavy (non-hydrogen) atoms. The molecule has 0 spiro atoms. The first-order chi connectivity index (χ1) is 7.26. The summed E-state index contributed by atoms with van der Waals surface area (Å²) in [6, 6.07) is 7.58. The number of ether oxygens (including phenoxy) is 1. The van der Waals surface area contributed by atoms with Crippen LogP contribution in [0.3, 0.4) is 0 Å². The molecule has 0 amide bonds. The lowest BCUT2D eigenvalue weighted by molar-refractivity contribution is -0.134. The van der Waals surface area contributed by atoms with E-state index in [1.165, 1.54) is 0 Å². The van der Waals surface area contributed by atoms with Gasteiger partial charge in [0.05, 0.1) is 0 Å². The Morgan fingerprint density at radius 1 is 1.47 bits per heavy atom. The standard InChI is InChI=1S/C12H15ClO2/c1-2-10-5-3-6-11(9-10)15-12(14)7-4-8-13/h3,5-6,9H,2,4,7-8H2,1H3. The zero-order valence-corrected chi connectivity index (χ0v) is 9.59. The molecule has 0 radical (unpaired) electrons. The minimum Gasteiger partial charge on any atom is -0.427 e. The number of halogens is 1. The molecule has 0 bridgehead atoms. The number of hydrogen-bond acceptors (Lipinski definition) is 2. The van der Waals surface area contributed by atoms with Crippen molar-refractivity contribution in [1.29, 1.82) is 0 Å². The molecular weight excluding hydrogens is 212 g/mol. The summed E-state index contributed by atoms with van der Waals surface area (Å²) in [6.45, 7) is 2.06. The van der Waals surface area contributed by atoms with Crippen molar-refractivity contribution < 1.29 is 9.53 Å². The molecule has 0 saturated heterocycles. The summed E-state index contributed by atoms with van der Waals surface area (Å²) in [4.78, 5) is 11.3.